The Morgan fingerprint density at radius 3 is 2.87 bits per heavy atom. The van der Waals surface area contributed by atoms with Gasteiger partial charge in [0.2, 0.25) is 0 Å². The zero-order valence-electron chi connectivity index (χ0n) is 17.3. The summed E-state index contributed by atoms with van der Waals surface area (Å²) in [5.74, 6) is 1.59. The number of benzene rings is 1. The summed E-state index contributed by atoms with van der Waals surface area (Å²) < 4.78 is 13.8. The molecule has 0 saturated carbocycles. The molecule has 0 aromatic heterocycles. The quantitative estimate of drug-likeness (QED) is 0.556. The van der Waals surface area contributed by atoms with Crippen LogP contribution in [0, 0.1) is 23.1 Å². The predicted molar refractivity (Wildman–Crippen MR) is 124 cm³/mol. The highest BCUT2D eigenvalue weighted by Crippen LogP contribution is 2.45. The molecule has 0 radical (unpaired) electrons. The number of amidine groups is 1. The molecule has 2 N–H and O–H groups in total. The number of allylic oxidation sites excluding steroid dienone is 3. The Morgan fingerprint density at radius 2 is 2.23 bits per heavy atom. The first-order valence-corrected chi connectivity index (χ1v) is 11.5. The van der Waals surface area contributed by atoms with Crippen LogP contribution in [-0.4, -0.2) is 28.4 Å². The Balaban J connectivity index is 1.89. The maximum atomic E-state index is 13.8. The van der Waals surface area contributed by atoms with E-state index in [-0.39, 0.29) is 11.2 Å². The summed E-state index contributed by atoms with van der Waals surface area (Å²) in [6.45, 7) is 7.29. The third-order valence-electron chi connectivity index (χ3n) is 5.91. The number of aliphatic imine (C=N–C) groups is 1. The average molecular weight is 445 g/mol. The van der Waals surface area contributed by atoms with Gasteiger partial charge in [0, 0.05) is 34.6 Å². The summed E-state index contributed by atoms with van der Waals surface area (Å²) in [5, 5.41) is 14.5. The van der Waals surface area contributed by atoms with Crippen molar-refractivity contribution in [1.29, 1.82) is 5.41 Å². The third-order valence-corrected chi connectivity index (χ3v) is 7.15. The highest BCUT2D eigenvalue weighted by Gasteiger charge is 2.42. The number of nitrogens with zero attached hydrogens (tertiary/aromatic N) is 2. The van der Waals surface area contributed by atoms with Crippen LogP contribution in [0.4, 0.5) is 4.39 Å². The number of halogens is 2. The summed E-state index contributed by atoms with van der Waals surface area (Å²) in [5.41, 5.74) is 3.17. The fourth-order valence-corrected chi connectivity index (χ4v) is 5.31. The van der Waals surface area contributed by atoms with Crippen LogP contribution in [0.2, 0.25) is 5.02 Å². The van der Waals surface area contributed by atoms with Gasteiger partial charge in [0.15, 0.2) is 0 Å². The van der Waals surface area contributed by atoms with E-state index in [1.54, 1.807) is 23.9 Å². The second-order valence-electron chi connectivity index (χ2n) is 8.13. The zero-order chi connectivity index (χ0) is 21.4. The molecule has 0 spiro atoms. The Kier molecular flexibility index (Phi) is 6.07. The van der Waals surface area contributed by atoms with Crippen LogP contribution in [-0.2, 0) is 0 Å². The van der Waals surface area contributed by atoms with Gasteiger partial charge in [0.1, 0.15) is 23.1 Å². The van der Waals surface area contributed by atoms with Crippen molar-refractivity contribution in [1.82, 2.24) is 10.2 Å². The van der Waals surface area contributed by atoms with Gasteiger partial charge in [0.05, 0.1) is 5.71 Å². The normalized spacial score (nSPS) is 25.9. The maximum Gasteiger partial charge on any atom is 0.138 e. The molecule has 3 aliphatic heterocycles. The largest absolute Gasteiger partial charge is 0.372 e. The maximum absolute atomic E-state index is 13.8. The van der Waals surface area contributed by atoms with Crippen molar-refractivity contribution < 1.29 is 4.39 Å². The smallest absolute Gasteiger partial charge is 0.138 e. The third kappa shape index (κ3) is 3.83. The van der Waals surface area contributed by atoms with E-state index in [1.165, 1.54) is 12.1 Å². The second-order valence-corrected chi connectivity index (χ2v) is 9.56. The van der Waals surface area contributed by atoms with Gasteiger partial charge in [-0.3, -0.25) is 4.99 Å². The van der Waals surface area contributed by atoms with E-state index >= 15 is 0 Å². The SMILES string of the molecule is C/C=C\C(=N)C1=C2C[C@H](C(C)C)CN2C(C2NC=CS2)=N[C@H]1c1ccc(F)cc1Cl. The molecule has 0 bridgehead atoms. The van der Waals surface area contributed by atoms with Crippen molar-refractivity contribution in [2.45, 2.75) is 38.6 Å². The molecule has 1 saturated heterocycles. The zero-order valence-corrected chi connectivity index (χ0v) is 18.9. The molecule has 7 heteroatoms. The molecule has 3 atom stereocenters. The number of hydrogen-bond donors (Lipinski definition) is 2. The molecule has 4 rings (SSSR count). The molecule has 1 unspecified atom stereocenters. The standard InChI is InChI=1S/C23H26ClFN4S/c1-4-5-18(26)20-19-10-14(13(2)3)12-29(19)22(23-27-8-9-30-23)28-21(20)16-7-6-15(25)11-17(16)24/h4-9,11,13-14,21,23,26-27H,10,12H2,1-3H3/b5-4-,26-18?/t14-,21-,23?/m0/s1. The highest BCUT2D eigenvalue weighted by molar-refractivity contribution is 8.03. The van der Waals surface area contributed by atoms with Crippen molar-refractivity contribution in [3.05, 3.63) is 69.6 Å². The van der Waals surface area contributed by atoms with E-state index in [2.05, 4.69) is 24.1 Å². The van der Waals surface area contributed by atoms with Crippen LogP contribution >= 0.6 is 23.4 Å². The van der Waals surface area contributed by atoms with Crippen LogP contribution in [0.25, 0.3) is 0 Å². The number of hydrogen-bond acceptors (Lipinski definition) is 5. The summed E-state index contributed by atoms with van der Waals surface area (Å²) in [6, 6.07) is 4.01. The van der Waals surface area contributed by atoms with Crippen molar-refractivity contribution in [2.75, 3.05) is 6.54 Å². The fourth-order valence-electron chi connectivity index (χ4n) is 4.26. The highest BCUT2D eigenvalue weighted by atomic mass is 35.5. The van der Waals surface area contributed by atoms with Crippen LogP contribution in [0.1, 0.15) is 38.8 Å². The van der Waals surface area contributed by atoms with E-state index < -0.39 is 6.04 Å². The minimum absolute atomic E-state index is 0.0186. The predicted octanol–water partition coefficient (Wildman–Crippen LogP) is 5.89. The molecule has 3 heterocycles. The Labute approximate surface area is 186 Å². The first-order valence-electron chi connectivity index (χ1n) is 10.2. The van der Waals surface area contributed by atoms with Gasteiger partial charge in [-0.25, -0.2) is 4.39 Å². The molecule has 158 valence electrons. The van der Waals surface area contributed by atoms with Gasteiger partial charge in [-0.05, 0) is 48.8 Å². The van der Waals surface area contributed by atoms with E-state index in [1.807, 2.05) is 24.6 Å². The summed E-state index contributed by atoms with van der Waals surface area (Å²) in [7, 11) is 0. The van der Waals surface area contributed by atoms with Crippen molar-refractivity contribution in [3.63, 3.8) is 0 Å². The van der Waals surface area contributed by atoms with E-state index in [0.717, 1.165) is 35.6 Å². The Hall–Kier alpha value is -2.05. The van der Waals surface area contributed by atoms with Crippen LogP contribution in [0.3, 0.4) is 0 Å². The van der Waals surface area contributed by atoms with E-state index in [9.17, 15) is 4.39 Å². The van der Waals surface area contributed by atoms with Gasteiger partial charge >= 0.3 is 0 Å². The monoisotopic (exact) mass is 444 g/mol. The molecular formula is C23H26ClFN4S. The minimum Gasteiger partial charge on any atom is -0.372 e. The summed E-state index contributed by atoms with van der Waals surface area (Å²) >= 11 is 8.16. The van der Waals surface area contributed by atoms with Crippen molar-refractivity contribution in [3.8, 4) is 0 Å². The first kappa shape index (κ1) is 21.2. The first-order chi connectivity index (χ1) is 14.4. The lowest BCUT2D eigenvalue weighted by Gasteiger charge is -2.35. The molecule has 1 fully saturated rings. The van der Waals surface area contributed by atoms with Crippen molar-refractivity contribution >= 4 is 34.9 Å². The van der Waals surface area contributed by atoms with Crippen LogP contribution in [0.15, 0.2) is 58.2 Å². The Bertz CT molecular complexity index is 973. The molecule has 30 heavy (non-hydrogen) atoms. The number of fused-ring (bicyclic) bond motifs is 1. The van der Waals surface area contributed by atoms with Gasteiger partial charge in [0.25, 0.3) is 0 Å². The van der Waals surface area contributed by atoms with Gasteiger partial charge in [-0.2, -0.15) is 0 Å². The number of rotatable bonds is 5. The van der Waals surface area contributed by atoms with Gasteiger partial charge in [-0.15, -0.1) is 0 Å². The number of thioether (sulfide) groups is 1. The van der Waals surface area contributed by atoms with E-state index in [4.69, 9.17) is 22.0 Å². The topological polar surface area (TPSA) is 51.5 Å². The van der Waals surface area contributed by atoms with Gasteiger partial charge in [-0.1, -0.05) is 49.4 Å². The molecule has 3 aliphatic rings. The molecular weight excluding hydrogens is 419 g/mol. The van der Waals surface area contributed by atoms with Gasteiger partial charge < -0.3 is 15.6 Å². The summed E-state index contributed by atoms with van der Waals surface area (Å²) in [6.07, 6.45) is 6.51. The average Bonchev–Trinajstić information content (AvgIpc) is 3.37. The fraction of sp³-hybridized carbons (Fsp3) is 0.391. The molecule has 1 aromatic carbocycles. The number of nitrogens with one attached hydrogen (secondary N) is 2. The van der Waals surface area contributed by atoms with Crippen LogP contribution < -0.4 is 5.32 Å². The van der Waals surface area contributed by atoms with E-state index in [0.29, 0.717) is 22.6 Å². The lowest BCUT2D eigenvalue weighted by atomic mass is 9.88. The lowest BCUT2D eigenvalue weighted by molar-refractivity contribution is 0.386. The lowest BCUT2D eigenvalue weighted by Crippen LogP contribution is -2.43. The molecule has 0 amide bonds. The summed E-state index contributed by atoms with van der Waals surface area (Å²) in [4.78, 5) is 7.42. The minimum atomic E-state index is -0.433. The van der Waals surface area contributed by atoms with Crippen molar-refractivity contribution in [2.24, 2.45) is 16.8 Å². The van der Waals surface area contributed by atoms with Crippen LogP contribution in [0.5, 0.6) is 0 Å². The molecule has 4 nitrogen and oxygen atoms in total. The molecule has 1 aromatic rings. The Morgan fingerprint density at radius 1 is 1.43 bits per heavy atom. The molecule has 0 aliphatic carbocycles. The second kappa shape index (κ2) is 8.60.